The first kappa shape index (κ1) is 19.9. The molecule has 26 heavy (non-hydrogen) atoms. The summed E-state index contributed by atoms with van der Waals surface area (Å²) in [5.41, 5.74) is 4.14. The molecule has 0 spiro atoms. The normalized spacial score (nSPS) is 12.3. The topological polar surface area (TPSA) is 68.8 Å². The molecule has 1 atom stereocenters. The third-order valence-corrected chi connectivity index (χ3v) is 4.21. The average Bonchev–Trinajstić information content (AvgIpc) is 3.18. The molecule has 2 aromatic heterocycles. The summed E-state index contributed by atoms with van der Waals surface area (Å²) in [6, 6.07) is 10.4. The first-order valence-corrected chi connectivity index (χ1v) is 8.38. The van der Waals surface area contributed by atoms with Gasteiger partial charge in [-0.25, -0.2) is 4.68 Å². The van der Waals surface area contributed by atoms with Gasteiger partial charge in [0, 0.05) is 29.8 Å². The van der Waals surface area contributed by atoms with Crippen LogP contribution in [0.25, 0.3) is 17.8 Å². The minimum atomic E-state index is 0. The monoisotopic (exact) mass is 373 g/mol. The summed E-state index contributed by atoms with van der Waals surface area (Å²) >= 11 is 0. The van der Waals surface area contributed by atoms with Crippen molar-refractivity contribution in [1.29, 1.82) is 0 Å². The molecule has 1 unspecified atom stereocenters. The Bertz CT molecular complexity index is 869. The molecule has 0 saturated carbocycles. The van der Waals surface area contributed by atoms with E-state index in [9.17, 15) is 0 Å². The van der Waals surface area contributed by atoms with Crippen molar-refractivity contribution in [3.63, 3.8) is 0 Å². The van der Waals surface area contributed by atoms with Gasteiger partial charge in [0.25, 0.3) is 5.89 Å². The van der Waals surface area contributed by atoms with Crippen LogP contribution in [0.1, 0.15) is 35.6 Å². The molecule has 138 valence electrons. The highest BCUT2D eigenvalue weighted by Gasteiger charge is 2.11. The molecule has 2 heterocycles. The van der Waals surface area contributed by atoms with E-state index in [1.165, 1.54) is 0 Å². The molecule has 0 aliphatic rings. The molecule has 0 radical (unpaired) electrons. The van der Waals surface area contributed by atoms with Crippen molar-refractivity contribution in [3.05, 3.63) is 59.0 Å². The summed E-state index contributed by atoms with van der Waals surface area (Å²) in [5, 5.41) is 11.8. The number of benzene rings is 1. The van der Waals surface area contributed by atoms with Gasteiger partial charge in [-0.05, 0) is 46.0 Å². The standard InChI is InChI=1S/C19H23N5O.ClH/c1-13(20-4)12-18-21-19(25-23-18)11-10-17-14(2)22-24(15(17)3)16-8-6-5-7-9-16;/h5-11,13,20H,12H2,1-4H3;1H/b11-10+;. The van der Waals surface area contributed by atoms with Crippen molar-refractivity contribution < 1.29 is 4.52 Å². The van der Waals surface area contributed by atoms with Crippen LogP contribution in [0.3, 0.4) is 0 Å². The van der Waals surface area contributed by atoms with Gasteiger partial charge in [0.15, 0.2) is 5.82 Å². The first-order chi connectivity index (χ1) is 12.1. The van der Waals surface area contributed by atoms with E-state index in [1.54, 1.807) is 0 Å². The second-order valence-corrected chi connectivity index (χ2v) is 6.11. The largest absolute Gasteiger partial charge is 0.335 e. The zero-order valence-electron chi connectivity index (χ0n) is 15.4. The second kappa shape index (κ2) is 8.78. The highest BCUT2D eigenvalue weighted by molar-refractivity contribution is 5.85. The van der Waals surface area contributed by atoms with Crippen LogP contribution >= 0.6 is 12.4 Å². The van der Waals surface area contributed by atoms with Gasteiger partial charge in [-0.15, -0.1) is 12.4 Å². The van der Waals surface area contributed by atoms with Gasteiger partial charge >= 0.3 is 0 Å². The van der Waals surface area contributed by atoms with Gasteiger partial charge in [0.05, 0.1) is 11.4 Å². The van der Waals surface area contributed by atoms with Crippen LogP contribution < -0.4 is 5.32 Å². The summed E-state index contributed by atoms with van der Waals surface area (Å²) in [6.45, 7) is 6.14. The molecule has 0 bridgehead atoms. The van der Waals surface area contributed by atoms with Crippen molar-refractivity contribution in [2.75, 3.05) is 7.05 Å². The maximum absolute atomic E-state index is 5.30. The van der Waals surface area contributed by atoms with Crippen LogP contribution in [0, 0.1) is 13.8 Å². The number of likely N-dealkylation sites (N-methyl/N-ethyl adjacent to an activating group) is 1. The first-order valence-electron chi connectivity index (χ1n) is 8.38. The predicted molar refractivity (Wildman–Crippen MR) is 106 cm³/mol. The molecule has 0 amide bonds. The van der Waals surface area contributed by atoms with E-state index < -0.39 is 0 Å². The Morgan fingerprint density at radius 1 is 1.19 bits per heavy atom. The summed E-state index contributed by atoms with van der Waals surface area (Å²) in [7, 11) is 1.92. The van der Waals surface area contributed by atoms with Crippen molar-refractivity contribution in [3.8, 4) is 5.69 Å². The van der Waals surface area contributed by atoms with Gasteiger partial charge in [0.2, 0.25) is 0 Å². The number of para-hydroxylation sites is 1. The van der Waals surface area contributed by atoms with E-state index in [4.69, 9.17) is 4.52 Å². The second-order valence-electron chi connectivity index (χ2n) is 6.11. The van der Waals surface area contributed by atoms with E-state index in [2.05, 4.69) is 34.4 Å². The lowest BCUT2D eigenvalue weighted by Crippen LogP contribution is -2.24. The van der Waals surface area contributed by atoms with E-state index in [-0.39, 0.29) is 12.4 Å². The van der Waals surface area contributed by atoms with Crippen molar-refractivity contribution in [2.45, 2.75) is 33.2 Å². The summed E-state index contributed by atoms with van der Waals surface area (Å²) in [5.74, 6) is 1.21. The number of aromatic nitrogens is 4. The number of hydrogen-bond acceptors (Lipinski definition) is 5. The van der Waals surface area contributed by atoms with Crippen LogP contribution in [0.5, 0.6) is 0 Å². The highest BCUT2D eigenvalue weighted by atomic mass is 35.5. The quantitative estimate of drug-likeness (QED) is 0.714. The van der Waals surface area contributed by atoms with Gasteiger partial charge in [-0.3, -0.25) is 0 Å². The molecule has 0 saturated heterocycles. The Morgan fingerprint density at radius 2 is 1.92 bits per heavy atom. The number of halogens is 1. The average molecular weight is 374 g/mol. The number of hydrogen-bond donors (Lipinski definition) is 1. The molecule has 0 aliphatic heterocycles. The minimum absolute atomic E-state index is 0. The van der Waals surface area contributed by atoms with E-state index >= 15 is 0 Å². The number of rotatable bonds is 6. The fourth-order valence-corrected chi connectivity index (χ4v) is 2.67. The van der Waals surface area contributed by atoms with E-state index in [1.807, 2.05) is 61.1 Å². The minimum Gasteiger partial charge on any atom is -0.335 e. The van der Waals surface area contributed by atoms with Gasteiger partial charge < -0.3 is 9.84 Å². The molecule has 0 fully saturated rings. The molecule has 3 rings (SSSR count). The van der Waals surface area contributed by atoms with Crippen LogP contribution in [-0.4, -0.2) is 33.0 Å². The number of nitrogens with zero attached hydrogens (tertiary/aromatic N) is 4. The predicted octanol–water partition coefficient (Wildman–Crippen LogP) is 3.61. The Morgan fingerprint density at radius 3 is 2.62 bits per heavy atom. The summed E-state index contributed by atoms with van der Waals surface area (Å²) in [6.07, 6.45) is 4.56. The summed E-state index contributed by atoms with van der Waals surface area (Å²) < 4.78 is 7.25. The molecule has 0 aliphatic carbocycles. The smallest absolute Gasteiger partial charge is 0.250 e. The van der Waals surface area contributed by atoms with Crippen molar-refractivity contribution >= 4 is 24.6 Å². The fourth-order valence-electron chi connectivity index (χ4n) is 2.67. The molecular weight excluding hydrogens is 350 g/mol. The lowest BCUT2D eigenvalue weighted by Gasteiger charge is -2.04. The van der Waals surface area contributed by atoms with Crippen LogP contribution in [0.15, 0.2) is 34.9 Å². The lowest BCUT2D eigenvalue weighted by molar-refractivity contribution is 0.400. The zero-order chi connectivity index (χ0) is 17.8. The van der Waals surface area contributed by atoms with Crippen molar-refractivity contribution in [2.24, 2.45) is 0 Å². The third-order valence-electron chi connectivity index (χ3n) is 4.21. The van der Waals surface area contributed by atoms with Crippen LogP contribution in [-0.2, 0) is 6.42 Å². The molecule has 1 N–H and O–H groups in total. The Balaban J connectivity index is 0.00000243. The Kier molecular flexibility index (Phi) is 6.71. The Labute approximate surface area is 159 Å². The summed E-state index contributed by atoms with van der Waals surface area (Å²) in [4.78, 5) is 4.41. The maximum atomic E-state index is 5.30. The van der Waals surface area contributed by atoms with Crippen LogP contribution in [0.4, 0.5) is 0 Å². The SMILES string of the molecule is CNC(C)Cc1noc(/C=C/c2c(C)nn(-c3ccccc3)c2C)n1.Cl. The molecule has 1 aromatic carbocycles. The zero-order valence-corrected chi connectivity index (χ0v) is 16.2. The molecular formula is C19H24ClN5O. The highest BCUT2D eigenvalue weighted by Crippen LogP contribution is 2.20. The molecule has 3 aromatic rings. The van der Waals surface area contributed by atoms with Gasteiger partial charge in [0.1, 0.15) is 0 Å². The van der Waals surface area contributed by atoms with E-state index in [0.29, 0.717) is 17.8 Å². The van der Waals surface area contributed by atoms with Gasteiger partial charge in [-0.1, -0.05) is 23.4 Å². The van der Waals surface area contributed by atoms with Crippen LogP contribution in [0.2, 0.25) is 0 Å². The number of aryl methyl sites for hydroxylation is 1. The van der Waals surface area contributed by atoms with E-state index in [0.717, 1.165) is 29.1 Å². The molecule has 7 heteroatoms. The lowest BCUT2D eigenvalue weighted by atomic mass is 10.2. The van der Waals surface area contributed by atoms with Gasteiger partial charge in [-0.2, -0.15) is 10.1 Å². The maximum Gasteiger partial charge on any atom is 0.250 e. The van der Waals surface area contributed by atoms with Crippen molar-refractivity contribution in [1.82, 2.24) is 25.2 Å². The number of nitrogens with one attached hydrogen (secondary N) is 1. The molecule has 6 nitrogen and oxygen atoms in total. The fraction of sp³-hybridized carbons (Fsp3) is 0.316. The third kappa shape index (κ3) is 4.39. The Hall–Kier alpha value is -2.44.